The Morgan fingerprint density at radius 1 is 1.45 bits per heavy atom. The fraction of sp³-hybridized carbons (Fsp3) is 0.600. The van der Waals surface area contributed by atoms with Crippen LogP contribution in [0.5, 0.6) is 0 Å². The summed E-state index contributed by atoms with van der Waals surface area (Å²) >= 11 is 0. The van der Waals surface area contributed by atoms with E-state index in [1.165, 1.54) is 12.8 Å². The molecule has 0 aliphatic heterocycles. The molecule has 20 heavy (non-hydrogen) atoms. The smallest absolute Gasteiger partial charge is 0.292 e. The first-order valence-electron chi connectivity index (χ1n) is 7.17. The van der Waals surface area contributed by atoms with E-state index >= 15 is 0 Å². The molecule has 2 atom stereocenters. The number of nitro benzene ring substituents is 1. The van der Waals surface area contributed by atoms with Crippen molar-refractivity contribution < 1.29 is 9.66 Å². The van der Waals surface area contributed by atoms with Crippen LogP contribution in [0.2, 0.25) is 0 Å². The van der Waals surface area contributed by atoms with Crippen LogP contribution in [0.25, 0.3) is 0 Å². The summed E-state index contributed by atoms with van der Waals surface area (Å²) in [5, 5.41) is 13.8. The molecule has 1 aliphatic rings. The maximum Gasteiger partial charge on any atom is 0.292 e. The van der Waals surface area contributed by atoms with Crippen molar-refractivity contribution in [2.24, 2.45) is 5.92 Å². The molecule has 0 heterocycles. The Morgan fingerprint density at radius 2 is 2.25 bits per heavy atom. The van der Waals surface area contributed by atoms with Gasteiger partial charge in [-0.05, 0) is 30.4 Å². The summed E-state index contributed by atoms with van der Waals surface area (Å²) < 4.78 is 5.90. The molecule has 5 nitrogen and oxygen atoms in total. The summed E-state index contributed by atoms with van der Waals surface area (Å²) in [6.07, 6.45) is 4.98. The van der Waals surface area contributed by atoms with Crippen molar-refractivity contribution in [1.82, 2.24) is 0 Å². The van der Waals surface area contributed by atoms with Crippen LogP contribution in [0.1, 0.15) is 38.2 Å². The molecule has 0 amide bonds. The Hall–Kier alpha value is -1.62. The second kappa shape index (κ2) is 6.70. The largest absolute Gasteiger partial charge is 0.383 e. The van der Waals surface area contributed by atoms with Crippen LogP contribution in [0, 0.1) is 16.0 Å². The highest BCUT2D eigenvalue weighted by Gasteiger charge is 2.20. The molecule has 0 radical (unpaired) electrons. The van der Waals surface area contributed by atoms with Gasteiger partial charge in [0.05, 0.1) is 17.6 Å². The molecular weight excluding hydrogens is 256 g/mol. The fourth-order valence-electron chi connectivity index (χ4n) is 2.77. The Bertz CT molecular complexity index is 476. The predicted molar refractivity (Wildman–Crippen MR) is 78.9 cm³/mol. The fourth-order valence-corrected chi connectivity index (χ4v) is 2.77. The lowest BCUT2D eigenvalue weighted by molar-refractivity contribution is -0.384. The molecule has 1 fully saturated rings. The van der Waals surface area contributed by atoms with Crippen LogP contribution < -0.4 is 5.32 Å². The van der Waals surface area contributed by atoms with Gasteiger partial charge in [0, 0.05) is 13.1 Å². The molecule has 1 saturated carbocycles. The molecule has 0 spiro atoms. The van der Waals surface area contributed by atoms with Crippen molar-refractivity contribution in [2.45, 2.75) is 45.3 Å². The minimum Gasteiger partial charge on any atom is -0.383 e. The standard InChI is InChI=1S/C15H22N2O3/c1-11-4-3-5-13(8-11)20-10-12-6-7-14(16-2)15(9-12)17(18)19/h6-7,9,11,13,16H,3-5,8,10H2,1-2H3. The molecule has 2 unspecified atom stereocenters. The first-order valence-corrected chi connectivity index (χ1v) is 7.17. The summed E-state index contributed by atoms with van der Waals surface area (Å²) in [6.45, 7) is 2.70. The number of hydrogen-bond acceptors (Lipinski definition) is 4. The molecular formula is C15H22N2O3. The van der Waals surface area contributed by atoms with Gasteiger partial charge >= 0.3 is 0 Å². The highest BCUT2D eigenvalue weighted by Crippen LogP contribution is 2.28. The summed E-state index contributed by atoms with van der Waals surface area (Å²) in [5.41, 5.74) is 1.49. The van der Waals surface area contributed by atoms with E-state index in [4.69, 9.17) is 4.74 Å². The molecule has 0 aromatic heterocycles. The Labute approximate surface area is 119 Å². The van der Waals surface area contributed by atoms with E-state index in [1.807, 2.05) is 6.07 Å². The molecule has 1 aromatic carbocycles. The average molecular weight is 278 g/mol. The minimum absolute atomic E-state index is 0.102. The van der Waals surface area contributed by atoms with Crippen molar-refractivity contribution in [1.29, 1.82) is 0 Å². The van der Waals surface area contributed by atoms with Gasteiger partial charge in [0.2, 0.25) is 0 Å². The molecule has 1 N–H and O–H groups in total. The van der Waals surface area contributed by atoms with Crippen LogP contribution in [0.15, 0.2) is 18.2 Å². The number of nitro groups is 1. The topological polar surface area (TPSA) is 64.4 Å². The van der Waals surface area contributed by atoms with Gasteiger partial charge in [-0.25, -0.2) is 0 Å². The van der Waals surface area contributed by atoms with Crippen LogP contribution >= 0.6 is 0 Å². The molecule has 0 bridgehead atoms. The van der Waals surface area contributed by atoms with Crippen LogP contribution in [-0.2, 0) is 11.3 Å². The molecule has 2 rings (SSSR count). The molecule has 0 saturated heterocycles. The van der Waals surface area contributed by atoms with Crippen LogP contribution in [0.3, 0.4) is 0 Å². The lowest BCUT2D eigenvalue weighted by atomic mass is 9.89. The van der Waals surface area contributed by atoms with Crippen molar-refractivity contribution in [3.63, 3.8) is 0 Å². The van der Waals surface area contributed by atoms with E-state index in [1.54, 1.807) is 19.2 Å². The monoisotopic (exact) mass is 278 g/mol. The number of rotatable bonds is 5. The molecule has 5 heteroatoms. The first-order chi connectivity index (χ1) is 9.60. The summed E-state index contributed by atoms with van der Waals surface area (Å²) in [7, 11) is 1.68. The lowest BCUT2D eigenvalue weighted by Gasteiger charge is -2.26. The molecule has 1 aromatic rings. The van der Waals surface area contributed by atoms with Gasteiger partial charge in [-0.15, -0.1) is 0 Å². The summed E-state index contributed by atoms with van der Waals surface area (Å²) in [4.78, 5) is 10.6. The minimum atomic E-state index is -0.363. The zero-order valence-electron chi connectivity index (χ0n) is 12.1. The van der Waals surface area contributed by atoms with Gasteiger partial charge in [-0.3, -0.25) is 10.1 Å². The molecule has 1 aliphatic carbocycles. The van der Waals surface area contributed by atoms with Gasteiger partial charge in [0.25, 0.3) is 5.69 Å². The second-order valence-electron chi connectivity index (χ2n) is 5.56. The predicted octanol–water partition coefficient (Wildman–Crippen LogP) is 3.73. The highest BCUT2D eigenvalue weighted by molar-refractivity contribution is 5.62. The third-order valence-corrected chi connectivity index (χ3v) is 3.90. The van der Waals surface area contributed by atoms with E-state index in [9.17, 15) is 10.1 Å². The van der Waals surface area contributed by atoms with E-state index < -0.39 is 0 Å². The van der Waals surface area contributed by atoms with Crippen LogP contribution in [-0.4, -0.2) is 18.1 Å². The summed E-state index contributed by atoms with van der Waals surface area (Å²) in [6, 6.07) is 5.21. The third-order valence-electron chi connectivity index (χ3n) is 3.90. The Balaban J connectivity index is 1.99. The zero-order valence-corrected chi connectivity index (χ0v) is 12.1. The van der Waals surface area contributed by atoms with E-state index in [-0.39, 0.29) is 10.6 Å². The molecule has 110 valence electrons. The number of hydrogen-bond donors (Lipinski definition) is 1. The third kappa shape index (κ3) is 3.70. The summed E-state index contributed by atoms with van der Waals surface area (Å²) in [5.74, 6) is 0.717. The Kier molecular flexibility index (Phi) is 4.95. The maximum atomic E-state index is 11.0. The van der Waals surface area contributed by atoms with Crippen molar-refractivity contribution in [3.05, 3.63) is 33.9 Å². The van der Waals surface area contributed by atoms with Crippen molar-refractivity contribution in [3.8, 4) is 0 Å². The van der Waals surface area contributed by atoms with Crippen molar-refractivity contribution >= 4 is 11.4 Å². The second-order valence-corrected chi connectivity index (χ2v) is 5.56. The Morgan fingerprint density at radius 3 is 2.90 bits per heavy atom. The van der Waals surface area contributed by atoms with Gasteiger partial charge in [-0.1, -0.05) is 25.8 Å². The zero-order chi connectivity index (χ0) is 14.5. The number of anilines is 1. The van der Waals surface area contributed by atoms with Gasteiger partial charge in [0.15, 0.2) is 0 Å². The van der Waals surface area contributed by atoms with Crippen LogP contribution in [0.4, 0.5) is 11.4 Å². The highest BCUT2D eigenvalue weighted by atomic mass is 16.6. The lowest BCUT2D eigenvalue weighted by Crippen LogP contribution is -2.21. The van der Waals surface area contributed by atoms with Crippen molar-refractivity contribution in [2.75, 3.05) is 12.4 Å². The van der Waals surface area contributed by atoms with Gasteiger partial charge in [-0.2, -0.15) is 0 Å². The van der Waals surface area contributed by atoms with E-state index in [0.717, 1.165) is 24.3 Å². The maximum absolute atomic E-state index is 11.0. The van der Waals surface area contributed by atoms with Gasteiger partial charge < -0.3 is 10.1 Å². The number of benzene rings is 1. The number of ether oxygens (including phenoxy) is 1. The normalized spacial score (nSPS) is 22.5. The quantitative estimate of drug-likeness (QED) is 0.658. The number of nitrogens with one attached hydrogen (secondary N) is 1. The first kappa shape index (κ1) is 14.8. The van der Waals surface area contributed by atoms with E-state index in [2.05, 4.69) is 12.2 Å². The SMILES string of the molecule is CNc1ccc(COC2CCCC(C)C2)cc1[N+](=O)[O-]. The van der Waals surface area contributed by atoms with Gasteiger partial charge in [0.1, 0.15) is 5.69 Å². The number of nitrogens with zero attached hydrogens (tertiary/aromatic N) is 1. The average Bonchev–Trinajstić information content (AvgIpc) is 2.45. The van der Waals surface area contributed by atoms with E-state index in [0.29, 0.717) is 18.4 Å².